The van der Waals surface area contributed by atoms with E-state index in [1.54, 1.807) is 18.3 Å². The second kappa shape index (κ2) is 9.25. The Hall–Kier alpha value is -3.32. The zero-order chi connectivity index (χ0) is 19.9. The first-order valence-electron chi connectivity index (χ1n) is 9.67. The third-order valence-electron chi connectivity index (χ3n) is 4.82. The lowest BCUT2D eigenvalue weighted by molar-refractivity contribution is 0.283. The zero-order valence-electron chi connectivity index (χ0n) is 16.1. The summed E-state index contributed by atoms with van der Waals surface area (Å²) in [5, 5.41) is 11.1. The lowest BCUT2D eigenvalue weighted by Crippen LogP contribution is -2.46. The van der Waals surface area contributed by atoms with Crippen molar-refractivity contribution < 1.29 is 4.39 Å². The number of rotatable bonds is 6. The van der Waals surface area contributed by atoms with Gasteiger partial charge >= 0.3 is 0 Å². The number of aromatic nitrogens is 3. The van der Waals surface area contributed by atoms with Crippen molar-refractivity contribution in [1.29, 1.82) is 0 Å². The van der Waals surface area contributed by atoms with Crippen molar-refractivity contribution in [2.45, 2.75) is 0 Å². The summed E-state index contributed by atoms with van der Waals surface area (Å²) in [7, 11) is 0. The number of hydrogen-bond donors (Lipinski definition) is 1. The van der Waals surface area contributed by atoms with E-state index in [9.17, 15) is 4.39 Å². The fraction of sp³-hybridized carbons (Fsp3) is 0.227. The lowest BCUT2D eigenvalue weighted by Gasteiger charge is -2.34. The molecule has 1 fully saturated rings. The van der Waals surface area contributed by atoms with E-state index < -0.39 is 0 Å². The highest BCUT2D eigenvalue weighted by Gasteiger charge is 2.18. The molecule has 2 heterocycles. The average Bonchev–Trinajstić information content (AvgIpc) is 2.77. The predicted octanol–water partition coefficient (Wildman–Crippen LogP) is 3.59. The van der Waals surface area contributed by atoms with Crippen LogP contribution in [0.4, 0.5) is 21.8 Å². The molecule has 0 radical (unpaired) electrons. The van der Waals surface area contributed by atoms with Crippen LogP contribution in [0.2, 0.25) is 0 Å². The second-order valence-electron chi connectivity index (χ2n) is 6.87. The monoisotopic (exact) mass is 390 g/mol. The fourth-order valence-corrected chi connectivity index (χ4v) is 3.22. The van der Waals surface area contributed by atoms with Gasteiger partial charge < -0.3 is 10.2 Å². The number of halogens is 1. The van der Waals surface area contributed by atoms with E-state index in [1.165, 1.54) is 17.7 Å². The molecule has 6 nitrogen and oxygen atoms in total. The minimum atomic E-state index is -0.278. The number of nitrogens with one attached hydrogen (secondary N) is 1. The van der Waals surface area contributed by atoms with Crippen molar-refractivity contribution in [3.05, 3.63) is 78.3 Å². The summed E-state index contributed by atoms with van der Waals surface area (Å²) >= 11 is 0. The van der Waals surface area contributed by atoms with Gasteiger partial charge in [0.05, 0.1) is 6.20 Å². The molecule has 4 rings (SSSR count). The van der Waals surface area contributed by atoms with Gasteiger partial charge in [-0.3, -0.25) is 4.90 Å². The van der Waals surface area contributed by atoms with Crippen molar-refractivity contribution in [1.82, 2.24) is 20.1 Å². The topological polar surface area (TPSA) is 57.2 Å². The van der Waals surface area contributed by atoms with E-state index in [-0.39, 0.29) is 5.82 Å². The number of hydrogen-bond acceptors (Lipinski definition) is 6. The van der Waals surface area contributed by atoms with E-state index in [1.807, 2.05) is 18.2 Å². The van der Waals surface area contributed by atoms with Crippen LogP contribution in [0.25, 0.3) is 6.08 Å². The maximum absolute atomic E-state index is 13.0. The van der Waals surface area contributed by atoms with Crippen LogP contribution >= 0.6 is 0 Å². The molecule has 1 aliphatic rings. The average molecular weight is 390 g/mol. The van der Waals surface area contributed by atoms with Gasteiger partial charge in [0, 0.05) is 38.4 Å². The molecular formula is C22H23FN6. The van der Waals surface area contributed by atoms with Gasteiger partial charge in [-0.05, 0) is 29.8 Å². The van der Waals surface area contributed by atoms with E-state index in [4.69, 9.17) is 0 Å². The Morgan fingerprint density at radius 2 is 1.72 bits per heavy atom. The number of benzene rings is 2. The summed E-state index contributed by atoms with van der Waals surface area (Å²) in [6.07, 6.45) is 6.05. The van der Waals surface area contributed by atoms with Crippen LogP contribution in [-0.4, -0.2) is 52.8 Å². The van der Waals surface area contributed by atoms with Crippen LogP contribution in [0.1, 0.15) is 5.56 Å². The van der Waals surface area contributed by atoms with Crippen molar-refractivity contribution in [3.8, 4) is 0 Å². The highest BCUT2D eigenvalue weighted by Crippen LogP contribution is 2.17. The molecular weight excluding hydrogens is 367 g/mol. The van der Waals surface area contributed by atoms with Gasteiger partial charge in [0.2, 0.25) is 5.95 Å². The molecule has 0 unspecified atom stereocenters. The van der Waals surface area contributed by atoms with Crippen molar-refractivity contribution >= 4 is 23.5 Å². The normalized spacial score (nSPS) is 15.0. The largest absolute Gasteiger partial charge is 0.353 e. The molecule has 0 bridgehead atoms. The molecule has 7 heteroatoms. The van der Waals surface area contributed by atoms with Crippen LogP contribution in [0, 0.1) is 5.82 Å². The molecule has 1 saturated heterocycles. The van der Waals surface area contributed by atoms with Crippen molar-refractivity contribution in [3.63, 3.8) is 0 Å². The molecule has 0 aliphatic carbocycles. The Bertz CT molecular complexity index is 937. The SMILES string of the molecule is Fc1ccc(Nc2nncc(N3CCN(C/C=C/c4ccccc4)CC3)n2)cc1. The van der Waals surface area contributed by atoms with Gasteiger partial charge in [0.15, 0.2) is 5.82 Å². The molecule has 0 saturated carbocycles. The Morgan fingerprint density at radius 3 is 2.48 bits per heavy atom. The summed E-state index contributed by atoms with van der Waals surface area (Å²) in [6.45, 7) is 4.62. The molecule has 3 aromatic rings. The Balaban J connectivity index is 1.30. The van der Waals surface area contributed by atoms with E-state index in [2.05, 4.69) is 54.6 Å². The van der Waals surface area contributed by atoms with Crippen molar-refractivity contribution in [2.75, 3.05) is 42.9 Å². The van der Waals surface area contributed by atoms with E-state index in [0.717, 1.165) is 44.2 Å². The summed E-state index contributed by atoms with van der Waals surface area (Å²) in [5.74, 6) is 0.922. The third-order valence-corrected chi connectivity index (χ3v) is 4.82. The molecule has 0 atom stereocenters. The molecule has 0 spiro atoms. The Labute approximate surface area is 169 Å². The Kier molecular flexibility index (Phi) is 6.07. The first-order valence-corrected chi connectivity index (χ1v) is 9.67. The fourth-order valence-electron chi connectivity index (χ4n) is 3.22. The van der Waals surface area contributed by atoms with Gasteiger partial charge in [-0.2, -0.15) is 10.1 Å². The van der Waals surface area contributed by atoms with Crippen LogP contribution < -0.4 is 10.2 Å². The lowest BCUT2D eigenvalue weighted by atomic mass is 10.2. The summed E-state index contributed by atoms with van der Waals surface area (Å²) < 4.78 is 13.0. The van der Waals surface area contributed by atoms with Gasteiger partial charge in [0.25, 0.3) is 0 Å². The van der Waals surface area contributed by atoms with Crippen LogP contribution in [0.15, 0.2) is 66.9 Å². The number of anilines is 3. The first-order chi connectivity index (χ1) is 14.3. The van der Waals surface area contributed by atoms with Gasteiger partial charge in [-0.1, -0.05) is 42.5 Å². The predicted molar refractivity (Wildman–Crippen MR) is 114 cm³/mol. The molecule has 148 valence electrons. The standard InChI is InChI=1S/C22H23FN6/c23-19-8-10-20(11-9-19)25-22-26-21(17-24-27-22)29-15-13-28(14-16-29)12-4-7-18-5-2-1-3-6-18/h1-11,17H,12-16H2,(H,25,26,27)/b7-4+. The maximum Gasteiger partial charge on any atom is 0.249 e. The highest BCUT2D eigenvalue weighted by atomic mass is 19.1. The van der Waals surface area contributed by atoms with Gasteiger partial charge in [-0.15, -0.1) is 5.10 Å². The third kappa shape index (κ3) is 5.36. The van der Waals surface area contributed by atoms with Gasteiger partial charge in [0.1, 0.15) is 5.82 Å². The van der Waals surface area contributed by atoms with Gasteiger partial charge in [-0.25, -0.2) is 4.39 Å². The second-order valence-corrected chi connectivity index (χ2v) is 6.87. The summed E-state index contributed by atoms with van der Waals surface area (Å²) in [5.41, 5.74) is 1.94. The molecule has 1 N–H and O–H groups in total. The van der Waals surface area contributed by atoms with E-state index in [0.29, 0.717) is 5.95 Å². The van der Waals surface area contributed by atoms with Crippen molar-refractivity contribution in [2.24, 2.45) is 0 Å². The maximum atomic E-state index is 13.0. The molecule has 1 aliphatic heterocycles. The van der Waals surface area contributed by atoms with E-state index >= 15 is 0 Å². The van der Waals surface area contributed by atoms with Crippen LogP contribution in [0.5, 0.6) is 0 Å². The number of piperazine rings is 1. The highest BCUT2D eigenvalue weighted by molar-refractivity contribution is 5.54. The smallest absolute Gasteiger partial charge is 0.249 e. The first kappa shape index (κ1) is 19.0. The summed E-state index contributed by atoms with van der Waals surface area (Å²) in [4.78, 5) is 9.19. The molecule has 0 amide bonds. The number of nitrogens with zero attached hydrogens (tertiary/aromatic N) is 5. The quantitative estimate of drug-likeness (QED) is 0.694. The zero-order valence-corrected chi connectivity index (χ0v) is 16.1. The van der Waals surface area contributed by atoms with Crippen LogP contribution in [0.3, 0.4) is 0 Å². The van der Waals surface area contributed by atoms with Crippen LogP contribution in [-0.2, 0) is 0 Å². The molecule has 29 heavy (non-hydrogen) atoms. The Morgan fingerprint density at radius 1 is 0.966 bits per heavy atom. The molecule has 2 aromatic carbocycles. The molecule has 1 aromatic heterocycles. The minimum Gasteiger partial charge on any atom is -0.353 e. The summed E-state index contributed by atoms with van der Waals surface area (Å²) in [6, 6.07) is 16.4. The minimum absolute atomic E-state index is 0.278.